The highest BCUT2D eigenvalue weighted by molar-refractivity contribution is 7.71. The van der Waals surface area contributed by atoms with Gasteiger partial charge in [-0.3, -0.25) is 0 Å². The van der Waals surface area contributed by atoms with Gasteiger partial charge in [-0.2, -0.15) is 0 Å². The Kier molecular flexibility index (Phi) is 3.42. The molecule has 0 saturated heterocycles. The topological polar surface area (TPSA) is 29.9 Å². The van der Waals surface area contributed by atoms with Gasteiger partial charge in [-0.1, -0.05) is 17.7 Å². The van der Waals surface area contributed by atoms with Crippen molar-refractivity contribution in [3.63, 3.8) is 0 Å². The van der Waals surface area contributed by atoms with Gasteiger partial charge in [0.2, 0.25) is 0 Å². The number of hydrogen-bond donors (Lipinski definition) is 1. The van der Waals surface area contributed by atoms with E-state index >= 15 is 0 Å². The normalized spacial score (nSPS) is 14.9. The standard InChI is InChI=1S/C15H18N2OS/c1-18-13-8-4-7-12-14(13)16-15(19)17(12)10-9-11-5-2-3-6-11/h4-5,7-8H,2-3,6,9-10H2,1H3,(H,16,19). The van der Waals surface area contributed by atoms with Gasteiger partial charge in [-0.15, -0.1) is 0 Å². The average molecular weight is 274 g/mol. The number of imidazole rings is 1. The molecule has 1 aromatic carbocycles. The fourth-order valence-electron chi connectivity index (χ4n) is 2.77. The number of para-hydroxylation sites is 1. The van der Waals surface area contributed by atoms with Gasteiger partial charge in [0.1, 0.15) is 11.3 Å². The first-order chi connectivity index (χ1) is 9.29. The van der Waals surface area contributed by atoms with Crippen molar-refractivity contribution in [2.75, 3.05) is 7.11 Å². The fraction of sp³-hybridized carbons (Fsp3) is 0.400. The van der Waals surface area contributed by atoms with E-state index < -0.39 is 0 Å². The predicted octanol–water partition coefficient (Wildman–Crippen LogP) is 4.21. The molecule has 19 heavy (non-hydrogen) atoms. The van der Waals surface area contributed by atoms with Crippen LogP contribution in [0.15, 0.2) is 29.8 Å². The molecular weight excluding hydrogens is 256 g/mol. The van der Waals surface area contributed by atoms with Gasteiger partial charge in [0, 0.05) is 6.54 Å². The van der Waals surface area contributed by atoms with Crippen LogP contribution in [0, 0.1) is 4.77 Å². The second-order valence-electron chi connectivity index (χ2n) is 4.94. The number of ether oxygens (including phenoxy) is 1. The maximum Gasteiger partial charge on any atom is 0.178 e. The van der Waals surface area contributed by atoms with Crippen molar-refractivity contribution in [3.05, 3.63) is 34.6 Å². The molecule has 0 saturated carbocycles. The number of nitrogens with one attached hydrogen (secondary N) is 1. The smallest absolute Gasteiger partial charge is 0.178 e. The lowest BCUT2D eigenvalue weighted by atomic mass is 10.1. The maximum absolute atomic E-state index is 5.43. The van der Waals surface area contributed by atoms with Crippen LogP contribution in [0.3, 0.4) is 0 Å². The van der Waals surface area contributed by atoms with E-state index in [2.05, 4.69) is 21.7 Å². The highest BCUT2D eigenvalue weighted by Gasteiger charge is 2.10. The van der Waals surface area contributed by atoms with Crippen molar-refractivity contribution < 1.29 is 4.74 Å². The van der Waals surface area contributed by atoms with Gasteiger partial charge in [-0.05, 0) is 50.0 Å². The number of aromatic amines is 1. The van der Waals surface area contributed by atoms with Gasteiger partial charge in [-0.25, -0.2) is 0 Å². The Morgan fingerprint density at radius 3 is 3.05 bits per heavy atom. The molecule has 0 spiro atoms. The summed E-state index contributed by atoms with van der Waals surface area (Å²) in [5.41, 5.74) is 3.69. The summed E-state index contributed by atoms with van der Waals surface area (Å²) >= 11 is 5.43. The molecule has 3 rings (SSSR count). The van der Waals surface area contributed by atoms with Crippen LogP contribution in [0.2, 0.25) is 0 Å². The summed E-state index contributed by atoms with van der Waals surface area (Å²) < 4.78 is 8.32. The SMILES string of the molecule is COc1cccc2c1[nH]c(=S)n2CCC1=CCCC1. The minimum Gasteiger partial charge on any atom is -0.494 e. The molecular formula is C15H18N2OS. The Labute approximate surface area is 117 Å². The van der Waals surface area contributed by atoms with E-state index in [0.717, 1.165) is 34.5 Å². The summed E-state index contributed by atoms with van der Waals surface area (Å²) in [7, 11) is 1.69. The molecule has 1 aromatic heterocycles. The molecule has 0 amide bonds. The van der Waals surface area contributed by atoms with Crippen LogP contribution in [-0.2, 0) is 6.54 Å². The number of nitrogens with zero attached hydrogens (tertiary/aromatic N) is 1. The second kappa shape index (κ2) is 5.21. The molecule has 0 bridgehead atoms. The van der Waals surface area contributed by atoms with Gasteiger partial charge < -0.3 is 14.3 Å². The number of fused-ring (bicyclic) bond motifs is 1. The van der Waals surface area contributed by atoms with Crippen LogP contribution in [0.1, 0.15) is 25.7 Å². The molecule has 2 aromatic rings. The molecule has 0 aliphatic heterocycles. The number of hydrogen-bond acceptors (Lipinski definition) is 2. The summed E-state index contributed by atoms with van der Waals surface area (Å²) in [6.45, 7) is 0.942. The van der Waals surface area contributed by atoms with Crippen LogP contribution >= 0.6 is 12.2 Å². The highest BCUT2D eigenvalue weighted by Crippen LogP contribution is 2.26. The third-order valence-corrected chi connectivity index (χ3v) is 4.11. The molecule has 3 nitrogen and oxygen atoms in total. The van der Waals surface area contributed by atoms with Gasteiger partial charge in [0.15, 0.2) is 4.77 Å². The number of rotatable bonds is 4. The minimum absolute atomic E-state index is 0.776. The predicted molar refractivity (Wildman–Crippen MR) is 80.2 cm³/mol. The van der Waals surface area contributed by atoms with Gasteiger partial charge >= 0.3 is 0 Å². The third kappa shape index (κ3) is 2.32. The van der Waals surface area contributed by atoms with Crippen molar-refractivity contribution >= 4 is 23.3 Å². The molecule has 1 aliphatic carbocycles. The molecule has 1 aliphatic rings. The number of aromatic nitrogens is 2. The lowest BCUT2D eigenvalue weighted by molar-refractivity contribution is 0.419. The number of allylic oxidation sites excluding steroid dienone is 2. The zero-order chi connectivity index (χ0) is 13.2. The van der Waals surface area contributed by atoms with Crippen LogP contribution < -0.4 is 4.74 Å². The summed E-state index contributed by atoms with van der Waals surface area (Å²) in [6.07, 6.45) is 7.27. The second-order valence-corrected chi connectivity index (χ2v) is 5.33. The first-order valence-corrected chi connectivity index (χ1v) is 7.14. The Hall–Kier alpha value is -1.55. The molecule has 0 radical (unpaired) electrons. The van der Waals surface area contributed by atoms with E-state index in [1.807, 2.05) is 12.1 Å². The Morgan fingerprint density at radius 1 is 1.42 bits per heavy atom. The van der Waals surface area contributed by atoms with Crippen LogP contribution in [-0.4, -0.2) is 16.7 Å². The summed E-state index contributed by atoms with van der Waals surface area (Å²) in [5, 5.41) is 0. The molecule has 0 atom stereocenters. The van der Waals surface area contributed by atoms with Crippen LogP contribution in [0.5, 0.6) is 5.75 Å². The van der Waals surface area contributed by atoms with Gasteiger partial charge in [0.05, 0.1) is 12.6 Å². The highest BCUT2D eigenvalue weighted by atomic mass is 32.1. The van der Waals surface area contributed by atoms with Crippen LogP contribution in [0.4, 0.5) is 0 Å². The van der Waals surface area contributed by atoms with Crippen LogP contribution in [0.25, 0.3) is 11.0 Å². The van der Waals surface area contributed by atoms with Crippen molar-refractivity contribution in [2.24, 2.45) is 0 Å². The number of benzene rings is 1. The summed E-state index contributed by atoms with van der Waals surface area (Å²) in [6, 6.07) is 6.06. The van der Waals surface area contributed by atoms with E-state index in [9.17, 15) is 0 Å². The van der Waals surface area contributed by atoms with E-state index in [-0.39, 0.29) is 0 Å². The van der Waals surface area contributed by atoms with E-state index in [0.29, 0.717) is 0 Å². The number of aryl methyl sites for hydroxylation is 1. The fourth-order valence-corrected chi connectivity index (χ4v) is 3.06. The Morgan fingerprint density at radius 2 is 2.32 bits per heavy atom. The Bertz CT molecular complexity index is 681. The first-order valence-electron chi connectivity index (χ1n) is 6.73. The molecule has 1 heterocycles. The average Bonchev–Trinajstić information content (AvgIpc) is 3.03. The zero-order valence-electron chi connectivity index (χ0n) is 11.1. The number of H-pyrrole nitrogens is 1. The van der Waals surface area contributed by atoms with E-state index in [4.69, 9.17) is 17.0 Å². The zero-order valence-corrected chi connectivity index (χ0v) is 11.9. The lowest BCUT2D eigenvalue weighted by Gasteiger charge is -2.06. The third-order valence-electron chi connectivity index (χ3n) is 3.78. The molecule has 1 N–H and O–H groups in total. The largest absolute Gasteiger partial charge is 0.494 e. The van der Waals surface area contributed by atoms with Gasteiger partial charge in [0.25, 0.3) is 0 Å². The molecule has 0 unspecified atom stereocenters. The first kappa shape index (κ1) is 12.5. The molecule has 4 heteroatoms. The van der Waals surface area contributed by atoms with E-state index in [1.54, 1.807) is 12.7 Å². The molecule has 0 fully saturated rings. The van der Waals surface area contributed by atoms with Crippen molar-refractivity contribution in [1.82, 2.24) is 9.55 Å². The lowest BCUT2D eigenvalue weighted by Crippen LogP contribution is -1.98. The van der Waals surface area contributed by atoms with Crippen molar-refractivity contribution in [3.8, 4) is 5.75 Å². The number of methoxy groups -OCH3 is 1. The molecule has 100 valence electrons. The van der Waals surface area contributed by atoms with E-state index in [1.165, 1.54) is 19.3 Å². The quantitative estimate of drug-likeness (QED) is 0.668. The van der Waals surface area contributed by atoms with Crippen molar-refractivity contribution in [1.29, 1.82) is 0 Å². The van der Waals surface area contributed by atoms with Crippen molar-refractivity contribution in [2.45, 2.75) is 32.2 Å². The maximum atomic E-state index is 5.43. The summed E-state index contributed by atoms with van der Waals surface area (Å²) in [5.74, 6) is 0.849. The minimum atomic E-state index is 0.776. The Balaban J connectivity index is 1.94. The summed E-state index contributed by atoms with van der Waals surface area (Å²) in [4.78, 5) is 3.26. The monoisotopic (exact) mass is 274 g/mol.